The van der Waals surface area contributed by atoms with Gasteiger partial charge in [0, 0.05) is 27.1 Å². The van der Waals surface area contributed by atoms with Crippen molar-refractivity contribution >= 4 is 49.3 Å². The van der Waals surface area contributed by atoms with E-state index in [0.29, 0.717) is 32.8 Å². The lowest BCUT2D eigenvalue weighted by atomic mass is 9.93. The molecule has 0 unspecified atom stereocenters. The van der Waals surface area contributed by atoms with E-state index < -0.39 is 29.0 Å². The number of hydrogen-bond acceptors (Lipinski definition) is 0. The molecule has 9 heteroatoms. The summed E-state index contributed by atoms with van der Waals surface area (Å²) in [5.41, 5.74) is 1.99. The highest BCUT2D eigenvalue weighted by atomic mass is 19.4. The quantitative estimate of drug-likeness (QED) is 0.129. The van der Waals surface area contributed by atoms with Gasteiger partial charge in [0.2, 0.25) is 0 Å². The molecule has 52 heavy (non-hydrogen) atoms. The SMILES string of the molecule is [C-]#[N+]c1cccc(C(F)(F)F)c1-c1cc(-n2c3ccc(C)cc3c3cc(C)ccc32)c(C(F)(F)F)cc1-n1c2ccc(C)cc2c2cc(C)ccc21. The van der Waals surface area contributed by atoms with Crippen molar-refractivity contribution in [2.45, 2.75) is 40.0 Å². The van der Waals surface area contributed by atoms with Crippen LogP contribution in [-0.4, -0.2) is 9.13 Å². The monoisotopic (exact) mass is 701 g/mol. The van der Waals surface area contributed by atoms with Crippen molar-refractivity contribution in [2.24, 2.45) is 0 Å². The molecule has 0 atom stereocenters. The van der Waals surface area contributed by atoms with Crippen LogP contribution < -0.4 is 0 Å². The lowest BCUT2D eigenvalue weighted by molar-refractivity contribution is -0.138. The number of hydrogen-bond donors (Lipinski definition) is 0. The van der Waals surface area contributed by atoms with Crippen molar-refractivity contribution < 1.29 is 26.3 Å². The van der Waals surface area contributed by atoms with E-state index >= 15 is 13.2 Å². The highest BCUT2D eigenvalue weighted by Crippen LogP contribution is 2.49. The lowest BCUT2D eigenvalue weighted by Gasteiger charge is -2.24. The molecule has 0 spiro atoms. The molecule has 6 aromatic carbocycles. The first-order chi connectivity index (χ1) is 24.7. The molecule has 0 amide bonds. The molecule has 0 aliphatic heterocycles. The summed E-state index contributed by atoms with van der Waals surface area (Å²) in [6.45, 7) is 15.5. The second-order valence-electron chi connectivity index (χ2n) is 13.4. The van der Waals surface area contributed by atoms with E-state index in [1.807, 2.05) is 64.1 Å². The molecular weight excluding hydrogens is 672 g/mol. The molecule has 3 nitrogen and oxygen atoms in total. The molecule has 0 fully saturated rings. The van der Waals surface area contributed by atoms with Gasteiger partial charge in [0.15, 0.2) is 5.69 Å². The number of nitrogens with zero attached hydrogens (tertiary/aromatic N) is 3. The number of halogens is 6. The van der Waals surface area contributed by atoms with Gasteiger partial charge in [-0.15, -0.1) is 0 Å². The zero-order valence-corrected chi connectivity index (χ0v) is 28.4. The molecule has 8 rings (SSSR count). The minimum atomic E-state index is -4.93. The minimum Gasteiger partial charge on any atom is -0.309 e. The van der Waals surface area contributed by atoms with Gasteiger partial charge in [-0.25, -0.2) is 4.85 Å². The van der Waals surface area contributed by atoms with Crippen molar-refractivity contribution in [2.75, 3.05) is 0 Å². The van der Waals surface area contributed by atoms with Crippen LogP contribution in [0.3, 0.4) is 0 Å². The summed E-state index contributed by atoms with van der Waals surface area (Å²) in [5, 5.41) is 2.90. The van der Waals surface area contributed by atoms with E-state index in [1.54, 1.807) is 41.0 Å². The molecule has 0 radical (unpaired) electrons. The third-order valence-electron chi connectivity index (χ3n) is 9.79. The zero-order valence-electron chi connectivity index (χ0n) is 28.4. The fraction of sp³-hybridized carbons (Fsp3) is 0.140. The Balaban J connectivity index is 1.63. The van der Waals surface area contributed by atoms with Crippen LogP contribution in [0.15, 0.2) is 103 Å². The molecule has 0 saturated heterocycles. The minimum absolute atomic E-state index is 0.127. The Morgan fingerprint density at radius 1 is 0.481 bits per heavy atom. The summed E-state index contributed by atoms with van der Waals surface area (Å²) in [6.07, 6.45) is -9.86. The topological polar surface area (TPSA) is 14.2 Å². The van der Waals surface area contributed by atoms with Gasteiger partial charge in [-0.1, -0.05) is 64.7 Å². The van der Waals surface area contributed by atoms with Crippen LogP contribution in [-0.2, 0) is 12.4 Å². The molecule has 0 aliphatic carbocycles. The fourth-order valence-electron chi connectivity index (χ4n) is 7.55. The fourth-order valence-corrected chi connectivity index (χ4v) is 7.55. The first-order valence-corrected chi connectivity index (χ1v) is 16.5. The Labute approximate surface area is 294 Å². The number of rotatable bonds is 3. The van der Waals surface area contributed by atoms with Gasteiger partial charge < -0.3 is 9.13 Å². The molecule has 8 aromatic rings. The Morgan fingerprint density at radius 2 is 0.885 bits per heavy atom. The van der Waals surface area contributed by atoms with E-state index in [9.17, 15) is 13.2 Å². The number of aryl methyl sites for hydroxylation is 4. The summed E-state index contributed by atoms with van der Waals surface area (Å²) >= 11 is 0. The molecule has 0 N–H and O–H groups in total. The van der Waals surface area contributed by atoms with Crippen molar-refractivity contribution in [3.05, 3.63) is 148 Å². The first-order valence-electron chi connectivity index (χ1n) is 16.5. The molecule has 0 saturated carbocycles. The smallest absolute Gasteiger partial charge is 0.309 e. The van der Waals surface area contributed by atoms with Crippen LogP contribution in [0, 0.1) is 34.3 Å². The van der Waals surface area contributed by atoms with Gasteiger partial charge in [-0.3, -0.25) is 0 Å². The molecular formula is C43H29F6N3. The standard InChI is InChI=1S/C43H29F6N3/c1-23-9-13-35-27(17-23)28-18-24(2)10-14-36(28)51(35)39-22-33(43(47,48)49)40(21-31(39)41-32(42(44,45)46)7-6-8-34(41)50-5)52-37-15-11-25(3)19-29(37)30-20-26(4)12-16-38(30)52/h6-22H,1-4H3. The predicted molar refractivity (Wildman–Crippen MR) is 196 cm³/mol. The van der Waals surface area contributed by atoms with Gasteiger partial charge in [0.05, 0.1) is 51.1 Å². The Kier molecular flexibility index (Phi) is 7.33. The largest absolute Gasteiger partial charge is 0.418 e. The average molecular weight is 702 g/mol. The number of fused-ring (bicyclic) bond motifs is 6. The van der Waals surface area contributed by atoms with Crippen molar-refractivity contribution in [1.29, 1.82) is 0 Å². The Bertz CT molecular complexity index is 2710. The summed E-state index contributed by atoms with van der Waals surface area (Å²) in [4.78, 5) is 3.49. The summed E-state index contributed by atoms with van der Waals surface area (Å²) in [5.74, 6) is 0. The molecule has 258 valence electrons. The normalized spacial score (nSPS) is 12.4. The van der Waals surface area contributed by atoms with Crippen LogP contribution in [0.5, 0.6) is 0 Å². The van der Waals surface area contributed by atoms with Gasteiger partial charge in [0.25, 0.3) is 0 Å². The third kappa shape index (κ3) is 5.12. The number of aromatic nitrogens is 2. The lowest BCUT2D eigenvalue weighted by Crippen LogP contribution is -2.14. The second kappa shape index (κ2) is 11.5. The average Bonchev–Trinajstić information content (AvgIpc) is 3.57. The highest BCUT2D eigenvalue weighted by molar-refractivity contribution is 6.12. The predicted octanol–water partition coefficient (Wildman–Crippen LogP) is 13.4. The van der Waals surface area contributed by atoms with E-state index in [2.05, 4.69) is 4.85 Å². The van der Waals surface area contributed by atoms with Crippen LogP contribution in [0.1, 0.15) is 33.4 Å². The zero-order chi connectivity index (χ0) is 36.9. The maximum atomic E-state index is 15.6. The van der Waals surface area contributed by atoms with Gasteiger partial charge in [-0.05, 0) is 93.9 Å². The Morgan fingerprint density at radius 3 is 1.27 bits per heavy atom. The maximum Gasteiger partial charge on any atom is 0.418 e. The number of benzene rings is 6. The van der Waals surface area contributed by atoms with Crippen molar-refractivity contribution in [3.8, 4) is 22.5 Å². The Hall–Kier alpha value is -6.01. The summed E-state index contributed by atoms with van der Waals surface area (Å²) in [7, 11) is 0. The van der Waals surface area contributed by atoms with Crippen LogP contribution >= 0.6 is 0 Å². The summed E-state index contributed by atoms with van der Waals surface area (Å²) < 4.78 is 94.8. The van der Waals surface area contributed by atoms with Crippen molar-refractivity contribution in [1.82, 2.24) is 9.13 Å². The van der Waals surface area contributed by atoms with Crippen molar-refractivity contribution in [3.63, 3.8) is 0 Å². The van der Waals surface area contributed by atoms with E-state index in [0.717, 1.165) is 51.2 Å². The van der Waals surface area contributed by atoms with E-state index in [-0.39, 0.29) is 22.6 Å². The molecule has 2 heterocycles. The highest BCUT2D eigenvalue weighted by Gasteiger charge is 2.39. The molecule has 0 bridgehead atoms. The van der Waals surface area contributed by atoms with Gasteiger partial charge >= 0.3 is 12.4 Å². The summed E-state index contributed by atoms with van der Waals surface area (Å²) in [6, 6.07) is 27.3. The van der Waals surface area contributed by atoms with Gasteiger partial charge in [0.1, 0.15) is 0 Å². The van der Waals surface area contributed by atoms with Crippen LogP contribution in [0.2, 0.25) is 0 Å². The maximum absolute atomic E-state index is 15.6. The molecule has 2 aromatic heterocycles. The second-order valence-corrected chi connectivity index (χ2v) is 13.4. The van der Waals surface area contributed by atoms with Crippen LogP contribution in [0.25, 0.3) is 71.0 Å². The van der Waals surface area contributed by atoms with E-state index in [4.69, 9.17) is 6.57 Å². The van der Waals surface area contributed by atoms with Gasteiger partial charge in [-0.2, -0.15) is 26.3 Å². The van der Waals surface area contributed by atoms with E-state index in [1.165, 1.54) is 16.7 Å². The third-order valence-corrected chi connectivity index (χ3v) is 9.79. The molecule has 0 aliphatic rings. The first kappa shape index (κ1) is 33.2. The number of alkyl halides is 6. The van der Waals surface area contributed by atoms with Crippen LogP contribution in [0.4, 0.5) is 32.0 Å².